The highest BCUT2D eigenvalue weighted by atomic mass is 16.5. The Labute approximate surface area is 96.0 Å². The molecule has 1 aromatic rings. The molecule has 0 aliphatic heterocycles. The van der Waals surface area contributed by atoms with E-state index in [-0.39, 0.29) is 12.5 Å². The average Bonchev–Trinajstić information content (AvgIpc) is 2.29. The molecule has 0 saturated carbocycles. The summed E-state index contributed by atoms with van der Waals surface area (Å²) in [5.41, 5.74) is 2.32. The van der Waals surface area contributed by atoms with Crippen LogP contribution in [0, 0.1) is 0 Å². The number of hydrogen-bond acceptors (Lipinski definition) is 3. The van der Waals surface area contributed by atoms with Crippen LogP contribution in [0.4, 0.5) is 0 Å². The van der Waals surface area contributed by atoms with Crippen molar-refractivity contribution in [2.75, 3.05) is 20.8 Å². The molecule has 1 rings (SSSR count). The van der Waals surface area contributed by atoms with Gasteiger partial charge >= 0.3 is 0 Å². The molecule has 0 unspecified atom stereocenters. The van der Waals surface area contributed by atoms with Crippen molar-refractivity contribution in [3.05, 3.63) is 35.4 Å². The molecule has 0 atom stereocenters. The van der Waals surface area contributed by atoms with Crippen LogP contribution in [-0.2, 0) is 22.6 Å². The number of ether oxygens (including phenoxy) is 1. The fourth-order valence-corrected chi connectivity index (χ4v) is 1.36. The van der Waals surface area contributed by atoms with Gasteiger partial charge < -0.3 is 15.4 Å². The largest absolute Gasteiger partial charge is 0.375 e. The quantitative estimate of drug-likeness (QED) is 0.743. The fourth-order valence-electron chi connectivity index (χ4n) is 1.36. The molecule has 0 fully saturated rings. The third-order valence-corrected chi connectivity index (χ3v) is 2.17. The summed E-state index contributed by atoms with van der Waals surface area (Å²) in [5.74, 6) is -0.0956. The third-order valence-electron chi connectivity index (χ3n) is 2.17. The molecular weight excluding hydrogens is 204 g/mol. The summed E-state index contributed by atoms with van der Waals surface area (Å²) in [5, 5.41) is 5.86. The lowest BCUT2D eigenvalue weighted by molar-refractivity contribution is -0.124. The Balaban J connectivity index is 2.40. The van der Waals surface area contributed by atoms with Gasteiger partial charge in [-0.2, -0.15) is 0 Å². The number of nitrogens with one attached hydrogen (secondary N) is 2. The van der Waals surface area contributed by atoms with Gasteiger partial charge in [-0.05, 0) is 18.2 Å². The van der Waals surface area contributed by atoms with E-state index >= 15 is 0 Å². The number of hydrogen-bond donors (Lipinski definition) is 2. The van der Waals surface area contributed by atoms with E-state index in [4.69, 9.17) is 4.74 Å². The van der Waals surface area contributed by atoms with Crippen LogP contribution >= 0.6 is 0 Å². The number of carbonyl (C=O) groups excluding carboxylic acids is 1. The van der Waals surface area contributed by atoms with Crippen molar-refractivity contribution >= 4 is 5.91 Å². The monoisotopic (exact) mass is 222 g/mol. The normalized spacial score (nSPS) is 10.1. The number of amides is 1. The Morgan fingerprint density at radius 3 is 2.25 bits per heavy atom. The molecule has 0 aliphatic carbocycles. The highest BCUT2D eigenvalue weighted by Gasteiger charge is 1.99. The van der Waals surface area contributed by atoms with Gasteiger partial charge in [-0.1, -0.05) is 24.3 Å². The summed E-state index contributed by atoms with van der Waals surface area (Å²) >= 11 is 0. The molecule has 1 amide bonds. The van der Waals surface area contributed by atoms with Crippen LogP contribution in [0.1, 0.15) is 11.1 Å². The van der Waals surface area contributed by atoms with Crippen LogP contribution in [0.5, 0.6) is 0 Å². The lowest BCUT2D eigenvalue weighted by Gasteiger charge is -2.05. The Hall–Kier alpha value is -1.39. The van der Waals surface area contributed by atoms with Gasteiger partial charge in [0.2, 0.25) is 5.91 Å². The number of rotatable bonds is 6. The van der Waals surface area contributed by atoms with E-state index < -0.39 is 0 Å². The Kier molecular flexibility index (Phi) is 5.53. The SMILES string of the molecule is CNCc1ccc(CNC(=O)COC)cc1. The molecule has 0 radical (unpaired) electrons. The number of carbonyl (C=O) groups is 1. The summed E-state index contributed by atoms with van der Waals surface area (Å²) in [7, 11) is 3.42. The van der Waals surface area contributed by atoms with Gasteiger partial charge in [0.1, 0.15) is 6.61 Å². The van der Waals surface area contributed by atoms with Crippen molar-refractivity contribution < 1.29 is 9.53 Å². The molecule has 0 saturated heterocycles. The standard InChI is InChI=1S/C12H18N2O2/c1-13-7-10-3-5-11(6-4-10)8-14-12(15)9-16-2/h3-6,13H,7-9H2,1-2H3,(H,14,15). The molecule has 2 N–H and O–H groups in total. The van der Waals surface area contributed by atoms with Crippen LogP contribution in [-0.4, -0.2) is 26.7 Å². The van der Waals surface area contributed by atoms with Crippen LogP contribution in [0.3, 0.4) is 0 Å². The predicted molar refractivity (Wildman–Crippen MR) is 62.9 cm³/mol. The predicted octanol–water partition coefficient (Wildman–Crippen LogP) is 0.669. The minimum absolute atomic E-state index is 0.0956. The average molecular weight is 222 g/mol. The number of benzene rings is 1. The highest BCUT2D eigenvalue weighted by molar-refractivity contribution is 5.77. The minimum Gasteiger partial charge on any atom is -0.375 e. The second-order valence-electron chi connectivity index (χ2n) is 3.56. The Morgan fingerprint density at radius 1 is 1.19 bits per heavy atom. The van der Waals surface area contributed by atoms with E-state index in [1.165, 1.54) is 12.7 Å². The van der Waals surface area contributed by atoms with Gasteiger partial charge in [0.05, 0.1) is 0 Å². The van der Waals surface area contributed by atoms with Gasteiger partial charge in [0, 0.05) is 20.2 Å². The zero-order chi connectivity index (χ0) is 11.8. The van der Waals surface area contributed by atoms with Crippen molar-refractivity contribution in [2.45, 2.75) is 13.1 Å². The molecule has 16 heavy (non-hydrogen) atoms. The van der Waals surface area contributed by atoms with E-state index in [2.05, 4.69) is 10.6 Å². The van der Waals surface area contributed by atoms with Crippen molar-refractivity contribution in [1.29, 1.82) is 0 Å². The maximum absolute atomic E-state index is 11.1. The van der Waals surface area contributed by atoms with E-state index in [0.717, 1.165) is 12.1 Å². The first-order valence-corrected chi connectivity index (χ1v) is 5.24. The lowest BCUT2D eigenvalue weighted by atomic mass is 10.1. The third kappa shape index (κ3) is 4.42. The first-order valence-electron chi connectivity index (χ1n) is 5.24. The fraction of sp³-hybridized carbons (Fsp3) is 0.417. The molecule has 0 heterocycles. The molecule has 1 aromatic carbocycles. The minimum atomic E-state index is -0.0956. The summed E-state index contributed by atoms with van der Waals surface area (Å²) in [4.78, 5) is 11.1. The van der Waals surface area contributed by atoms with E-state index in [1.54, 1.807) is 0 Å². The molecular formula is C12H18N2O2. The van der Waals surface area contributed by atoms with Crippen LogP contribution in [0.25, 0.3) is 0 Å². The van der Waals surface area contributed by atoms with Gasteiger partial charge in [-0.25, -0.2) is 0 Å². The highest BCUT2D eigenvalue weighted by Crippen LogP contribution is 2.03. The van der Waals surface area contributed by atoms with Gasteiger partial charge in [-0.15, -0.1) is 0 Å². The van der Waals surface area contributed by atoms with Crippen LogP contribution in [0.15, 0.2) is 24.3 Å². The molecule has 0 aliphatic rings. The van der Waals surface area contributed by atoms with Crippen LogP contribution < -0.4 is 10.6 Å². The zero-order valence-corrected chi connectivity index (χ0v) is 9.75. The first-order chi connectivity index (χ1) is 7.76. The maximum Gasteiger partial charge on any atom is 0.246 e. The molecule has 0 bridgehead atoms. The topological polar surface area (TPSA) is 50.4 Å². The summed E-state index contributed by atoms with van der Waals surface area (Å²) in [6, 6.07) is 8.13. The lowest BCUT2D eigenvalue weighted by Crippen LogP contribution is -2.26. The molecule has 4 heteroatoms. The van der Waals surface area contributed by atoms with Gasteiger partial charge in [0.25, 0.3) is 0 Å². The summed E-state index contributed by atoms with van der Waals surface area (Å²) in [6.07, 6.45) is 0. The van der Waals surface area contributed by atoms with E-state index in [0.29, 0.717) is 6.54 Å². The smallest absolute Gasteiger partial charge is 0.246 e. The molecule has 4 nitrogen and oxygen atoms in total. The first kappa shape index (κ1) is 12.7. The zero-order valence-electron chi connectivity index (χ0n) is 9.75. The molecule has 0 spiro atoms. The van der Waals surface area contributed by atoms with Crippen molar-refractivity contribution in [3.63, 3.8) is 0 Å². The van der Waals surface area contributed by atoms with Crippen molar-refractivity contribution in [3.8, 4) is 0 Å². The van der Waals surface area contributed by atoms with E-state index in [9.17, 15) is 4.79 Å². The Bertz CT molecular complexity index is 322. The molecule has 88 valence electrons. The van der Waals surface area contributed by atoms with E-state index in [1.807, 2.05) is 31.3 Å². The Morgan fingerprint density at radius 2 is 1.75 bits per heavy atom. The second kappa shape index (κ2) is 6.98. The van der Waals surface area contributed by atoms with Gasteiger partial charge in [0.15, 0.2) is 0 Å². The summed E-state index contributed by atoms with van der Waals surface area (Å²) < 4.78 is 4.72. The second-order valence-corrected chi connectivity index (χ2v) is 3.56. The van der Waals surface area contributed by atoms with Crippen molar-refractivity contribution in [2.24, 2.45) is 0 Å². The van der Waals surface area contributed by atoms with Gasteiger partial charge in [-0.3, -0.25) is 4.79 Å². The van der Waals surface area contributed by atoms with Crippen molar-refractivity contribution in [1.82, 2.24) is 10.6 Å². The maximum atomic E-state index is 11.1. The summed E-state index contributed by atoms with van der Waals surface area (Å²) in [6.45, 7) is 1.51. The van der Waals surface area contributed by atoms with Crippen LogP contribution in [0.2, 0.25) is 0 Å². The molecule has 0 aromatic heterocycles. The number of methoxy groups -OCH3 is 1.